The molecule has 2 atom stereocenters. The first-order valence-corrected chi connectivity index (χ1v) is 8.25. The summed E-state index contributed by atoms with van der Waals surface area (Å²) in [7, 11) is 0. The van der Waals surface area contributed by atoms with Crippen molar-refractivity contribution in [3.8, 4) is 0 Å². The van der Waals surface area contributed by atoms with Crippen LogP contribution in [0, 0.1) is 21.7 Å². The Morgan fingerprint density at radius 3 is 2.62 bits per heavy atom. The van der Waals surface area contributed by atoms with E-state index in [-0.39, 0.29) is 41.2 Å². The quantitative estimate of drug-likeness (QED) is 0.644. The molecule has 1 fully saturated rings. The number of halogens is 2. The Morgan fingerprint density at radius 1 is 1.19 bits per heavy atom. The Hall–Kier alpha value is -3.03. The summed E-state index contributed by atoms with van der Waals surface area (Å²) < 4.78 is 27.8. The summed E-state index contributed by atoms with van der Waals surface area (Å²) in [6.07, 6.45) is 1.20. The summed E-state index contributed by atoms with van der Waals surface area (Å²) in [5.74, 6) is -1.77. The van der Waals surface area contributed by atoms with Gasteiger partial charge in [0.1, 0.15) is 17.3 Å². The fraction of sp³-hybridized carbons (Fsp3) is 0.278. The molecular formula is C18H15F2N3O3. The molecule has 4 rings (SSSR count). The van der Waals surface area contributed by atoms with E-state index in [1.807, 2.05) is 0 Å². The zero-order valence-electron chi connectivity index (χ0n) is 13.6. The van der Waals surface area contributed by atoms with Gasteiger partial charge < -0.3 is 10.6 Å². The number of nitro benzene ring substituents is 1. The van der Waals surface area contributed by atoms with Crippen molar-refractivity contribution in [2.75, 3.05) is 10.6 Å². The minimum atomic E-state index is -0.619. The maximum atomic E-state index is 13.9. The second-order valence-corrected chi connectivity index (χ2v) is 6.56. The van der Waals surface area contributed by atoms with Crippen LogP contribution >= 0.6 is 0 Å². The lowest BCUT2D eigenvalue weighted by molar-refractivity contribution is -0.384. The van der Waals surface area contributed by atoms with Crippen molar-refractivity contribution in [3.05, 3.63) is 63.2 Å². The number of anilines is 2. The van der Waals surface area contributed by atoms with E-state index >= 15 is 0 Å². The molecule has 2 aromatic carbocycles. The summed E-state index contributed by atoms with van der Waals surface area (Å²) in [6, 6.07) is 6.36. The van der Waals surface area contributed by atoms with E-state index < -0.39 is 16.6 Å². The van der Waals surface area contributed by atoms with Crippen LogP contribution in [0.15, 0.2) is 30.3 Å². The van der Waals surface area contributed by atoms with Crippen LogP contribution in [0.2, 0.25) is 0 Å². The molecule has 1 heterocycles. The third kappa shape index (κ3) is 2.87. The van der Waals surface area contributed by atoms with E-state index in [0.29, 0.717) is 24.1 Å². The van der Waals surface area contributed by atoms with Crippen molar-refractivity contribution in [2.45, 2.75) is 31.2 Å². The number of nitrogens with one attached hydrogen (secondary N) is 2. The molecule has 0 radical (unpaired) electrons. The number of fused-ring (bicyclic) bond motifs is 1. The summed E-state index contributed by atoms with van der Waals surface area (Å²) >= 11 is 0. The minimum Gasteiger partial charge on any atom is -0.376 e. The Kier molecular flexibility index (Phi) is 3.82. The third-order valence-electron chi connectivity index (χ3n) is 4.82. The molecule has 0 spiro atoms. The first-order chi connectivity index (χ1) is 12.4. The Morgan fingerprint density at radius 2 is 1.92 bits per heavy atom. The van der Waals surface area contributed by atoms with Gasteiger partial charge in [-0.25, -0.2) is 8.78 Å². The maximum absolute atomic E-state index is 13.9. The topological polar surface area (TPSA) is 84.3 Å². The van der Waals surface area contributed by atoms with Gasteiger partial charge in [0.05, 0.1) is 4.92 Å². The smallest absolute Gasteiger partial charge is 0.292 e. The van der Waals surface area contributed by atoms with Crippen LogP contribution < -0.4 is 10.6 Å². The number of hydrogen-bond donors (Lipinski definition) is 2. The van der Waals surface area contributed by atoms with Gasteiger partial charge in [0.15, 0.2) is 0 Å². The normalized spacial score (nSPS) is 20.9. The second kappa shape index (κ2) is 6.05. The summed E-state index contributed by atoms with van der Waals surface area (Å²) in [5.41, 5.74) is 1.36. The van der Waals surface area contributed by atoms with Gasteiger partial charge in [-0.2, -0.15) is 0 Å². The second-order valence-electron chi connectivity index (χ2n) is 6.56. The fourth-order valence-corrected chi connectivity index (χ4v) is 3.42. The predicted octanol–water partition coefficient (Wildman–Crippen LogP) is 3.73. The van der Waals surface area contributed by atoms with E-state index in [4.69, 9.17) is 0 Å². The zero-order chi connectivity index (χ0) is 18.4. The highest BCUT2D eigenvalue weighted by molar-refractivity contribution is 5.95. The molecular weight excluding hydrogens is 344 g/mol. The van der Waals surface area contributed by atoms with Crippen LogP contribution in [-0.4, -0.2) is 16.9 Å². The number of aryl methyl sites for hydroxylation is 1. The van der Waals surface area contributed by atoms with Gasteiger partial charge in [0.2, 0.25) is 5.91 Å². The molecule has 1 aliphatic carbocycles. The number of rotatable bonds is 4. The molecule has 2 aliphatic rings. The van der Waals surface area contributed by atoms with Crippen LogP contribution in [0.4, 0.5) is 25.8 Å². The molecule has 8 heteroatoms. The molecule has 2 N–H and O–H groups in total. The molecule has 134 valence electrons. The lowest BCUT2D eigenvalue weighted by atomic mass is 10.0. The first-order valence-electron chi connectivity index (χ1n) is 8.25. The van der Waals surface area contributed by atoms with Crippen molar-refractivity contribution in [1.82, 2.24) is 0 Å². The van der Waals surface area contributed by atoms with Crippen molar-refractivity contribution < 1.29 is 18.5 Å². The van der Waals surface area contributed by atoms with Crippen LogP contribution in [0.25, 0.3) is 0 Å². The van der Waals surface area contributed by atoms with Gasteiger partial charge in [-0.1, -0.05) is 6.07 Å². The summed E-state index contributed by atoms with van der Waals surface area (Å²) in [6.45, 7) is 0. The van der Waals surface area contributed by atoms with Gasteiger partial charge in [0.25, 0.3) is 5.69 Å². The fourth-order valence-electron chi connectivity index (χ4n) is 3.42. The number of carbonyl (C=O) groups is 1. The maximum Gasteiger partial charge on any atom is 0.292 e. The molecule has 1 saturated carbocycles. The highest BCUT2D eigenvalue weighted by atomic mass is 19.1. The van der Waals surface area contributed by atoms with Crippen molar-refractivity contribution >= 4 is 23.0 Å². The summed E-state index contributed by atoms with van der Waals surface area (Å²) in [5, 5.41) is 17.1. The average molecular weight is 359 g/mol. The van der Waals surface area contributed by atoms with Gasteiger partial charge in [-0.3, -0.25) is 14.9 Å². The standard InChI is InChI=1S/C18H15F2N3O3/c19-11-2-1-3-12(20)18(11)10-7-14(10)21-15-8-13-9(4-5-17(24)22-13)6-16(15)23(25)26/h1-3,6,8,10,14,21H,4-5,7H2,(H,22,24). The van der Waals surface area contributed by atoms with Gasteiger partial charge in [-0.05, 0) is 36.6 Å². The van der Waals surface area contributed by atoms with E-state index in [2.05, 4.69) is 10.6 Å². The largest absolute Gasteiger partial charge is 0.376 e. The van der Waals surface area contributed by atoms with E-state index in [0.717, 1.165) is 0 Å². The summed E-state index contributed by atoms with van der Waals surface area (Å²) in [4.78, 5) is 22.4. The molecule has 1 amide bonds. The molecule has 6 nitrogen and oxygen atoms in total. The molecule has 1 aliphatic heterocycles. The average Bonchev–Trinajstić information content (AvgIpc) is 3.32. The monoisotopic (exact) mass is 359 g/mol. The lowest BCUT2D eigenvalue weighted by Gasteiger charge is -2.18. The number of carbonyl (C=O) groups excluding carboxylic acids is 1. The predicted molar refractivity (Wildman–Crippen MR) is 91.2 cm³/mol. The number of amides is 1. The highest BCUT2D eigenvalue weighted by Crippen LogP contribution is 2.46. The van der Waals surface area contributed by atoms with Gasteiger partial charge >= 0.3 is 0 Å². The van der Waals surface area contributed by atoms with Crippen LogP contribution in [0.3, 0.4) is 0 Å². The number of hydrogen-bond acceptors (Lipinski definition) is 4. The molecule has 0 aromatic heterocycles. The van der Waals surface area contributed by atoms with Gasteiger partial charge in [0, 0.05) is 35.7 Å². The molecule has 0 bridgehead atoms. The minimum absolute atomic E-state index is 0.00100. The molecule has 26 heavy (non-hydrogen) atoms. The van der Waals surface area contributed by atoms with E-state index in [9.17, 15) is 23.7 Å². The number of benzene rings is 2. The van der Waals surface area contributed by atoms with Crippen molar-refractivity contribution in [2.24, 2.45) is 0 Å². The van der Waals surface area contributed by atoms with Crippen LogP contribution in [0.5, 0.6) is 0 Å². The van der Waals surface area contributed by atoms with E-state index in [1.165, 1.54) is 30.3 Å². The van der Waals surface area contributed by atoms with Crippen molar-refractivity contribution in [1.29, 1.82) is 0 Å². The van der Waals surface area contributed by atoms with E-state index in [1.54, 1.807) is 0 Å². The zero-order valence-corrected chi connectivity index (χ0v) is 13.6. The molecule has 0 saturated heterocycles. The Labute approximate surface area is 147 Å². The SMILES string of the molecule is O=C1CCc2cc([N+](=O)[O-])c(NC3CC3c3c(F)cccc3F)cc2N1. The third-order valence-corrected chi connectivity index (χ3v) is 4.82. The number of nitro groups is 1. The van der Waals surface area contributed by atoms with Gasteiger partial charge in [-0.15, -0.1) is 0 Å². The van der Waals surface area contributed by atoms with Crippen LogP contribution in [0.1, 0.15) is 29.9 Å². The Bertz CT molecular complexity index is 912. The highest BCUT2D eigenvalue weighted by Gasteiger charge is 2.42. The Balaban J connectivity index is 1.62. The lowest BCUT2D eigenvalue weighted by Crippen LogP contribution is -2.19. The van der Waals surface area contributed by atoms with Crippen LogP contribution in [-0.2, 0) is 11.2 Å². The molecule has 2 aromatic rings. The number of nitrogens with zero attached hydrogens (tertiary/aromatic N) is 1. The molecule has 2 unspecified atom stereocenters. The van der Waals surface area contributed by atoms with Crippen molar-refractivity contribution in [3.63, 3.8) is 0 Å². The first kappa shape index (κ1) is 16.4.